The number of hydrogen-bond acceptors (Lipinski definition) is 25. The number of sulfone groups is 4. The molecule has 4 amide bonds. The van der Waals surface area contributed by atoms with Gasteiger partial charge in [0.15, 0.2) is 85.2 Å². The molecule has 4 heterocycles. The predicted molar refractivity (Wildman–Crippen MR) is 516 cm³/mol. The molecular weight excluding hydrogens is 1910 g/mol. The monoisotopic (exact) mass is 2000 g/mol. The molecule has 0 aliphatic rings. The number of aryl methyl sites for hydroxylation is 9. The van der Waals surface area contributed by atoms with Crippen LogP contribution in [0.3, 0.4) is 0 Å². The largest absolute Gasteiger partial charge is 0.506 e. The van der Waals surface area contributed by atoms with E-state index in [1.54, 1.807) is 160 Å². The lowest BCUT2D eigenvalue weighted by atomic mass is 10.2. The van der Waals surface area contributed by atoms with Crippen molar-refractivity contribution in [2.45, 2.75) is 163 Å². The predicted octanol–water partition coefficient (Wildman–Crippen LogP) is 21.5. The summed E-state index contributed by atoms with van der Waals surface area (Å²) in [5, 5.41) is 26.1. The summed E-state index contributed by atoms with van der Waals surface area (Å²) in [7, 11) is -15.3. The number of nitrogen functional groups attached to an aromatic ring is 2. The molecule has 0 aliphatic carbocycles. The first-order chi connectivity index (χ1) is 61.4. The molecule has 0 spiro atoms. The van der Waals surface area contributed by atoms with Gasteiger partial charge in [0.2, 0.25) is 28.9 Å². The summed E-state index contributed by atoms with van der Waals surface area (Å²) in [5.41, 5.74) is 22.0. The Morgan fingerprint density at radius 3 is 1.05 bits per heavy atom. The normalized spacial score (nSPS) is 12.2. The molecule has 10 N–H and O–H groups in total. The van der Waals surface area contributed by atoms with E-state index in [9.17, 15) is 67.9 Å². The topological polar surface area (TPSA) is 467 Å². The van der Waals surface area contributed by atoms with Gasteiger partial charge in [-0.15, -0.1) is 0 Å². The number of aromatic nitrogens is 4. The van der Waals surface area contributed by atoms with E-state index in [1.165, 1.54) is 67.6 Å². The van der Waals surface area contributed by atoms with Crippen molar-refractivity contribution in [1.82, 2.24) is 19.9 Å². The van der Waals surface area contributed by atoms with E-state index >= 15 is 0 Å². The van der Waals surface area contributed by atoms with Crippen LogP contribution in [0.15, 0.2) is 213 Å². The number of amides is 4. The highest BCUT2D eigenvalue weighted by Crippen LogP contribution is 2.38. The van der Waals surface area contributed by atoms with Crippen molar-refractivity contribution in [3.8, 4) is 11.5 Å². The third-order valence-electron chi connectivity index (χ3n) is 19.1. The Morgan fingerprint density at radius 1 is 0.351 bits per heavy atom. The second kappa shape index (κ2) is 45.7. The van der Waals surface area contributed by atoms with Crippen molar-refractivity contribution in [2.75, 3.05) is 32.7 Å². The number of nitrogens with two attached hydrogens (primary N) is 2. The zero-order chi connectivity index (χ0) is 97.2. The summed E-state index contributed by atoms with van der Waals surface area (Å²) in [6, 6.07) is 46.2. The Labute approximate surface area is 792 Å². The van der Waals surface area contributed by atoms with Crippen molar-refractivity contribution in [1.29, 1.82) is 0 Å². The van der Waals surface area contributed by atoms with E-state index in [4.69, 9.17) is 110 Å². The maximum Gasteiger partial charge on any atom is 0.243 e. The highest BCUT2D eigenvalue weighted by molar-refractivity contribution is 7.93. The summed E-state index contributed by atoms with van der Waals surface area (Å²) in [6.45, 7) is 23.9. The highest BCUT2D eigenvalue weighted by Gasteiger charge is 2.37. The molecule has 14 aromatic rings. The second-order valence-electron chi connectivity index (χ2n) is 29.5. The number of benzene rings is 10. The number of phenols is 2. The molecule has 29 nitrogen and oxygen atoms in total. The molecule has 694 valence electrons. The van der Waals surface area contributed by atoms with Gasteiger partial charge in [-0.2, -0.15) is 0 Å². The van der Waals surface area contributed by atoms with Gasteiger partial charge in [0.05, 0.1) is 73.8 Å². The molecule has 0 saturated carbocycles. The first-order valence-electron chi connectivity index (χ1n) is 39.8. The highest BCUT2D eigenvalue weighted by atomic mass is 35.5. The average Bonchev–Trinajstić information content (AvgIpc) is 1.78. The maximum atomic E-state index is 12.9. The first kappa shape index (κ1) is 105. The molecular formula is C91H93Cl7N10O19S4. The van der Waals surface area contributed by atoms with E-state index in [-0.39, 0.29) is 100 Å². The Kier molecular flexibility index (Phi) is 36.6. The first-order valence-corrected chi connectivity index (χ1v) is 48.6. The lowest BCUT2D eigenvalue weighted by Gasteiger charge is -2.17. The van der Waals surface area contributed by atoms with Crippen LogP contribution in [0.25, 0.3) is 44.4 Å². The molecule has 14 rings (SSSR count). The van der Waals surface area contributed by atoms with Crippen LogP contribution in [0.5, 0.6) is 11.5 Å². The number of rotatable bonds is 20. The molecule has 4 atom stereocenters. The summed E-state index contributed by atoms with van der Waals surface area (Å²) >= 11 is 41.1. The Bertz CT molecular complexity index is 6930. The van der Waals surface area contributed by atoms with Gasteiger partial charge >= 0.3 is 0 Å². The van der Waals surface area contributed by atoms with Crippen molar-refractivity contribution < 1.29 is 85.5 Å². The van der Waals surface area contributed by atoms with E-state index in [0.717, 1.165) is 66.6 Å². The second-order valence-corrected chi connectivity index (χ2v) is 40.8. The molecule has 4 unspecified atom stereocenters. The Morgan fingerprint density at radius 2 is 0.672 bits per heavy atom. The number of nitrogens with zero attached hydrogens (tertiary/aromatic N) is 4. The number of anilines is 6. The van der Waals surface area contributed by atoms with E-state index in [2.05, 4.69) is 41.2 Å². The van der Waals surface area contributed by atoms with Crippen LogP contribution in [0.2, 0.25) is 30.1 Å². The summed E-state index contributed by atoms with van der Waals surface area (Å²) in [5.74, 6) is -0.681. The number of oxazole rings is 4. The van der Waals surface area contributed by atoms with E-state index < -0.39 is 89.2 Å². The van der Waals surface area contributed by atoms with Crippen LogP contribution in [-0.4, -0.2) is 114 Å². The number of nitrogens with one attached hydrogen (secondary N) is 4. The minimum Gasteiger partial charge on any atom is -0.506 e. The van der Waals surface area contributed by atoms with Gasteiger partial charge in [-0.05, 0) is 203 Å². The fourth-order valence-corrected chi connectivity index (χ4v) is 21.1. The van der Waals surface area contributed by atoms with Gasteiger partial charge in [0.25, 0.3) is 0 Å². The fourth-order valence-electron chi connectivity index (χ4n) is 12.6. The van der Waals surface area contributed by atoms with Gasteiger partial charge < -0.3 is 60.6 Å². The lowest BCUT2D eigenvalue weighted by Crippen LogP contribution is -2.34. The average molecular weight is 2010 g/mol. The molecule has 40 heteroatoms. The zero-order valence-corrected chi connectivity index (χ0v) is 81.5. The Hall–Kier alpha value is -11.3. The smallest absolute Gasteiger partial charge is 0.243 e. The zero-order valence-electron chi connectivity index (χ0n) is 72.9. The van der Waals surface area contributed by atoms with Crippen LogP contribution in [-0.2, 0) is 63.3 Å². The SMILES string of the molecule is CCC(C(=O)Cl)S(=O)(=O)c1cccc(C)c1.CCC(C(=O)Nc1cc(O)c(N)cc1Cl)S(=O)(=O)c1cccc(C)c1.CCC(C(=O)Nc1cc(O)c(NC(C)=O)cc1Cl)S(=O)(=O)c1cccc(C)c1.CCC(C(=O)Nc1cc2oc(C)nc2cc1Cl)S(=O)(=O)c1cccc(C)c1.Cc1nc2cc(Cl)c(C)cc2o1.Cc1nc2cc(Cl)c(N)cc2o1.Cc1nc2cc(Cl)ccc2o1. The molecule has 4 aromatic heterocycles. The van der Waals surface area contributed by atoms with Gasteiger partial charge in [-0.3, -0.25) is 24.0 Å². The van der Waals surface area contributed by atoms with Crippen molar-refractivity contribution in [3.05, 3.63) is 257 Å². The molecule has 0 bridgehead atoms. The number of halogens is 7. The molecule has 0 radical (unpaired) electrons. The maximum absolute atomic E-state index is 12.9. The van der Waals surface area contributed by atoms with Crippen molar-refractivity contribution >= 4 is 228 Å². The van der Waals surface area contributed by atoms with Crippen molar-refractivity contribution in [3.63, 3.8) is 0 Å². The number of aromatic hydroxyl groups is 2. The number of carbonyl (C=O) groups is 5. The third-order valence-corrected chi connectivity index (χ3v) is 30.2. The molecule has 10 aromatic carbocycles. The van der Waals surface area contributed by atoms with Crippen LogP contribution in [0.1, 0.15) is 112 Å². The van der Waals surface area contributed by atoms with E-state index in [0.29, 0.717) is 56.0 Å². The molecule has 0 aliphatic heterocycles. The molecule has 131 heavy (non-hydrogen) atoms. The summed E-state index contributed by atoms with van der Waals surface area (Å²) < 4.78 is 123. The lowest BCUT2D eigenvalue weighted by molar-refractivity contribution is -0.116. The van der Waals surface area contributed by atoms with Crippen molar-refractivity contribution in [2.24, 2.45) is 0 Å². The van der Waals surface area contributed by atoms with Crippen LogP contribution < -0.4 is 32.7 Å². The van der Waals surface area contributed by atoms with Crippen LogP contribution >= 0.6 is 81.2 Å². The van der Waals surface area contributed by atoms with Gasteiger partial charge in [-0.1, -0.05) is 146 Å². The number of fused-ring (bicyclic) bond motifs is 4. The standard InChI is InChI=1S/C19H21ClN2O5S.C19H19ClN2O4S.C17H19ClN2O4S.C11H13ClO3S.C9H8ClNO.C8H7ClN2O.C8H6ClNO/c1-4-18(28(26,27)13-7-5-6-11(2)8-13)19(25)22-15-10-17(24)16(9-14(15)20)21-12(3)23;1-4-18(27(24,25)13-7-5-6-11(2)8-13)19(23)22-15-10-17-16(9-14(15)20)21-12(3)26-17;1-3-16(25(23,24)11-6-4-5-10(2)7-11)17(22)20-14-9-15(21)13(19)8-12(14)18;1-3-10(11(12)13)16(14,15)9-6-4-5-8(2)7-9;1-5-3-9-8(4-7(5)10)11-6(2)12-9;1-4-11-7-2-5(9)6(10)3-8(7)12-4;1-5-10-7-4-6(9)2-3-8(7)11-5/h5-10,18,24H,4H2,1-3H3,(H,21,23)(H,22,25);5-10,18H,4H2,1-3H3,(H,22,23);4-9,16,21H,3,19H2,1-2H3,(H,20,22);4-7,10H,3H2,1-2H3;3-4H,1-2H3;2-3H,10H2,1H3;2-4H,1H3. The summed E-state index contributed by atoms with van der Waals surface area (Å²) in [4.78, 5) is 77.1. The van der Waals surface area contributed by atoms with Crippen LogP contribution in [0.4, 0.5) is 34.1 Å². The molecule has 0 saturated heterocycles. The van der Waals surface area contributed by atoms with Crippen LogP contribution in [0, 0.1) is 62.3 Å². The Balaban J connectivity index is 0.000000194. The fraction of sp³-hybridized carbons (Fsp3) is 0.242. The number of hydrogen-bond donors (Lipinski definition) is 8. The van der Waals surface area contributed by atoms with Gasteiger partial charge in [-0.25, -0.2) is 53.6 Å². The minimum atomic E-state index is -3.91. The van der Waals surface area contributed by atoms with Gasteiger partial charge in [0.1, 0.15) is 54.6 Å². The molecule has 0 fully saturated rings. The quantitative estimate of drug-likeness (QED) is 0.0200. The van der Waals surface area contributed by atoms with E-state index in [1.807, 2.05) is 39.0 Å². The number of phenolic OH excluding ortho intramolecular Hbond substituents is 2. The third kappa shape index (κ3) is 27.7. The van der Waals surface area contributed by atoms with Gasteiger partial charge in [0, 0.05) is 68.9 Å². The summed E-state index contributed by atoms with van der Waals surface area (Å²) in [6.07, 6.45) is 0.443. The number of carbonyl (C=O) groups excluding carboxylic acids is 5. The minimum absolute atomic E-state index is 0.0381.